The molecule has 0 aliphatic carbocycles. The highest BCUT2D eigenvalue weighted by atomic mass is 16.2. The van der Waals surface area contributed by atoms with E-state index in [4.69, 9.17) is 0 Å². The van der Waals surface area contributed by atoms with E-state index in [0.29, 0.717) is 12.2 Å². The topological polar surface area (TPSA) is 75.2 Å². The van der Waals surface area contributed by atoms with Gasteiger partial charge in [-0.2, -0.15) is 0 Å². The molecule has 0 bridgehead atoms. The first-order valence-corrected chi connectivity index (χ1v) is 6.63. The van der Waals surface area contributed by atoms with E-state index in [1.807, 2.05) is 27.7 Å². The average Bonchev–Trinajstić information content (AvgIpc) is 2.35. The Bertz CT molecular complexity index is 519. The number of nitrogens with zero attached hydrogens (tertiary/aromatic N) is 3. The zero-order valence-electron chi connectivity index (χ0n) is 12.3. The van der Waals surface area contributed by atoms with Crippen molar-refractivity contribution in [2.24, 2.45) is 5.41 Å². The van der Waals surface area contributed by atoms with Gasteiger partial charge in [-0.1, -0.05) is 20.8 Å². The number of hydrogen-bond acceptors (Lipinski definition) is 4. The molecule has 1 atom stereocenters. The van der Waals surface area contributed by atoms with Gasteiger partial charge in [0.2, 0.25) is 11.8 Å². The summed E-state index contributed by atoms with van der Waals surface area (Å²) in [4.78, 5) is 34.2. The van der Waals surface area contributed by atoms with Gasteiger partial charge in [-0.25, -0.2) is 0 Å². The largest absolute Gasteiger partial charge is 0.342 e. The minimum Gasteiger partial charge on any atom is -0.342 e. The normalized spacial score (nSPS) is 20.0. The third kappa shape index (κ3) is 3.12. The van der Waals surface area contributed by atoms with E-state index in [9.17, 15) is 9.59 Å². The average molecular weight is 276 g/mol. The van der Waals surface area contributed by atoms with Crippen molar-refractivity contribution in [3.05, 3.63) is 23.8 Å². The Labute approximate surface area is 118 Å². The number of aromatic nitrogens is 2. The summed E-state index contributed by atoms with van der Waals surface area (Å²) in [5, 5.41) is 2.76. The third-order valence-electron chi connectivity index (χ3n) is 3.25. The molecule has 2 amide bonds. The Hall–Kier alpha value is -1.98. The summed E-state index contributed by atoms with van der Waals surface area (Å²) in [7, 11) is 0. The summed E-state index contributed by atoms with van der Waals surface area (Å²) < 4.78 is 0. The van der Waals surface area contributed by atoms with E-state index in [0.717, 1.165) is 5.69 Å². The van der Waals surface area contributed by atoms with Crippen LogP contribution in [0.25, 0.3) is 0 Å². The van der Waals surface area contributed by atoms with Gasteiger partial charge in [0.05, 0.1) is 24.1 Å². The highest BCUT2D eigenvalue weighted by molar-refractivity contribution is 5.95. The standard InChI is InChI=1S/C14H20N4O2/c1-9-5-16-10(6-15-9)7-18-8-11(19)17-12(13(18)20)14(2,3)4/h5-6,12H,7-8H2,1-4H3,(H,17,19). The number of carbonyl (C=O) groups is 2. The van der Waals surface area contributed by atoms with Crippen LogP contribution < -0.4 is 5.32 Å². The summed E-state index contributed by atoms with van der Waals surface area (Å²) in [5.74, 6) is -0.205. The van der Waals surface area contributed by atoms with Gasteiger partial charge >= 0.3 is 0 Å². The van der Waals surface area contributed by atoms with Crippen LogP contribution in [-0.2, 0) is 16.1 Å². The van der Waals surface area contributed by atoms with Crippen LogP contribution in [0.1, 0.15) is 32.2 Å². The van der Waals surface area contributed by atoms with Gasteiger partial charge in [0.15, 0.2) is 0 Å². The molecule has 20 heavy (non-hydrogen) atoms. The van der Waals surface area contributed by atoms with E-state index in [-0.39, 0.29) is 23.8 Å². The molecule has 1 unspecified atom stereocenters. The fourth-order valence-corrected chi connectivity index (χ4v) is 2.12. The Balaban J connectivity index is 2.16. The van der Waals surface area contributed by atoms with E-state index < -0.39 is 6.04 Å². The molecular formula is C14H20N4O2. The molecule has 0 spiro atoms. The van der Waals surface area contributed by atoms with Crippen molar-refractivity contribution in [2.45, 2.75) is 40.3 Å². The van der Waals surface area contributed by atoms with E-state index in [1.165, 1.54) is 4.90 Å². The van der Waals surface area contributed by atoms with E-state index in [2.05, 4.69) is 15.3 Å². The summed E-state index contributed by atoms with van der Waals surface area (Å²) in [6.45, 7) is 8.04. The number of amides is 2. The van der Waals surface area contributed by atoms with E-state index in [1.54, 1.807) is 12.4 Å². The molecule has 1 aromatic heterocycles. The lowest BCUT2D eigenvalue weighted by Gasteiger charge is -2.38. The zero-order valence-corrected chi connectivity index (χ0v) is 12.3. The summed E-state index contributed by atoms with van der Waals surface area (Å²) in [5.41, 5.74) is 1.19. The molecule has 6 nitrogen and oxygen atoms in total. The van der Waals surface area contributed by atoms with Crippen LogP contribution >= 0.6 is 0 Å². The number of aryl methyl sites for hydroxylation is 1. The molecule has 1 aromatic rings. The summed E-state index contributed by atoms with van der Waals surface area (Å²) in [6, 6.07) is -0.498. The maximum atomic E-state index is 12.5. The molecule has 2 rings (SSSR count). The molecule has 1 aliphatic heterocycles. The predicted molar refractivity (Wildman–Crippen MR) is 73.6 cm³/mol. The molecule has 0 saturated carbocycles. The second-order valence-electron chi connectivity index (χ2n) is 6.21. The van der Waals surface area contributed by atoms with Gasteiger partial charge in [-0.15, -0.1) is 0 Å². The quantitative estimate of drug-likeness (QED) is 0.861. The van der Waals surface area contributed by atoms with Crippen LogP contribution in [0.2, 0.25) is 0 Å². The van der Waals surface area contributed by atoms with Gasteiger partial charge in [0.25, 0.3) is 0 Å². The first-order chi connectivity index (χ1) is 9.27. The van der Waals surface area contributed by atoms with Crippen LogP contribution in [-0.4, -0.2) is 39.3 Å². The molecule has 1 N–H and O–H groups in total. The second-order valence-corrected chi connectivity index (χ2v) is 6.21. The summed E-state index contributed by atoms with van der Waals surface area (Å²) >= 11 is 0. The fraction of sp³-hybridized carbons (Fsp3) is 0.571. The molecule has 1 fully saturated rings. The first-order valence-electron chi connectivity index (χ1n) is 6.63. The highest BCUT2D eigenvalue weighted by Gasteiger charge is 2.39. The number of hydrogen-bond donors (Lipinski definition) is 1. The molecule has 0 radical (unpaired) electrons. The molecule has 6 heteroatoms. The van der Waals surface area contributed by atoms with Crippen molar-refractivity contribution in [2.75, 3.05) is 6.54 Å². The van der Waals surface area contributed by atoms with E-state index >= 15 is 0 Å². The molecule has 108 valence electrons. The predicted octanol–water partition coefficient (Wildman–Crippen LogP) is 0.658. The first kappa shape index (κ1) is 14.4. The molecule has 1 aliphatic rings. The third-order valence-corrected chi connectivity index (χ3v) is 3.25. The van der Waals surface area contributed by atoms with Crippen molar-refractivity contribution in [3.8, 4) is 0 Å². The van der Waals surface area contributed by atoms with Crippen molar-refractivity contribution >= 4 is 11.8 Å². The zero-order chi connectivity index (χ0) is 14.9. The van der Waals surface area contributed by atoms with Crippen molar-refractivity contribution in [3.63, 3.8) is 0 Å². The second kappa shape index (κ2) is 5.19. The maximum Gasteiger partial charge on any atom is 0.246 e. The van der Waals surface area contributed by atoms with Crippen molar-refractivity contribution in [1.29, 1.82) is 0 Å². The Morgan fingerprint density at radius 3 is 2.55 bits per heavy atom. The number of piperazine rings is 1. The van der Waals surface area contributed by atoms with Gasteiger partial charge in [0.1, 0.15) is 12.6 Å². The minimum atomic E-state index is -0.498. The number of nitrogens with one attached hydrogen (secondary N) is 1. The van der Waals surface area contributed by atoms with Gasteiger partial charge in [0, 0.05) is 6.20 Å². The van der Waals surface area contributed by atoms with Crippen molar-refractivity contribution < 1.29 is 9.59 Å². The van der Waals surface area contributed by atoms with Crippen LogP contribution in [0.5, 0.6) is 0 Å². The van der Waals surface area contributed by atoms with Gasteiger partial charge < -0.3 is 10.2 Å². The van der Waals surface area contributed by atoms with Crippen LogP contribution in [0.3, 0.4) is 0 Å². The van der Waals surface area contributed by atoms with Crippen LogP contribution in [0, 0.1) is 12.3 Å². The highest BCUT2D eigenvalue weighted by Crippen LogP contribution is 2.23. The molecule has 1 saturated heterocycles. The fourth-order valence-electron chi connectivity index (χ4n) is 2.12. The lowest BCUT2D eigenvalue weighted by atomic mass is 9.85. The van der Waals surface area contributed by atoms with Crippen molar-refractivity contribution in [1.82, 2.24) is 20.2 Å². The minimum absolute atomic E-state index is 0.0699. The van der Waals surface area contributed by atoms with Crippen LogP contribution in [0.4, 0.5) is 0 Å². The summed E-state index contributed by atoms with van der Waals surface area (Å²) in [6.07, 6.45) is 3.30. The SMILES string of the molecule is Cc1cnc(CN2CC(=O)NC(C(C)(C)C)C2=O)cn1. The monoisotopic (exact) mass is 276 g/mol. The Kier molecular flexibility index (Phi) is 3.74. The smallest absolute Gasteiger partial charge is 0.246 e. The number of rotatable bonds is 2. The Morgan fingerprint density at radius 2 is 2.00 bits per heavy atom. The molecule has 0 aromatic carbocycles. The van der Waals surface area contributed by atoms with Gasteiger partial charge in [-0.3, -0.25) is 19.6 Å². The number of carbonyl (C=O) groups excluding carboxylic acids is 2. The maximum absolute atomic E-state index is 12.5. The molecule has 2 heterocycles. The lowest BCUT2D eigenvalue weighted by molar-refractivity contribution is -0.148. The Morgan fingerprint density at radius 1 is 1.30 bits per heavy atom. The molecular weight excluding hydrogens is 256 g/mol. The van der Waals surface area contributed by atoms with Crippen LogP contribution in [0.15, 0.2) is 12.4 Å². The lowest BCUT2D eigenvalue weighted by Crippen LogP contribution is -2.61. The van der Waals surface area contributed by atoms with Gasteiger partial charge in [-0.05, 0) is 12.3 Å².